The molecule has 0 saturated carbocycles. The van der Waals surface area contributed by atoms with Gasteiger partial charge < -0.3 is 10.2 Å². The van der Waals surface area contributed by atoms with Gasteiger partial charge >= 0.3 is 0 Å². The van der Waals surface area contributed by atoms with E-state index in [9.17, 15) is 0 Å². The lowest BCUT2D eigenvalue weighted by molar-refractivity contribution is 0.387. The summed E-state index contributed by atoms with van der Waals surface area (Å²) in [6.45, 7) is 4.17. The quantitative estimate of drug-likeness (QED) is 0.490. The van der Waals surface area contributed by atoms with E-state index in [0.29, 0.717) is 6.04 Å². The fourth-order valence-corrected chi connectivity index (χ4v) is 4.57. The Bertz CT molecular complexity index is 1230. The zero-order chi connectivity index (χ0) is 20.1. The van der Waals surface area contributed by atoms with Gasteiger partial charge in [0.25, 0.3) is 0 Å². The molecule has 1 fully saturated rings. The van der Waals surface area contributed by atoms with Crippen LogP contribution in [0.15, 0.2) is 55.1 Å². The van der Waals surface area contributed by atoms with Gasteiger partial charge in [0.1, 0.15) is 5.82 Å². The van der Waals surface area contributed by atoms with Gasteiger partial charge in [0.2, 0.25) is 0 Å². The average molecular weight is 397 g/mol. The van der Waals surface area contributed by atoms with Crippen molar-refractivity contribution in [2.45, 2.75) is 31.8 Å². The summed E-state index contributed by atoms with van der Waals surface area (Å²) < 4.78 is 1.91. The summed E-state index contributed by atoms with van der Waals surface area (Å²) >= 11 is 0. The van der Waals surface area contributed by atoms with Gasteiger partial charge in [0.05, 0.1) is 17.4 Å². The molecule has 6 heterocycles. The molecule has 30 heavy (non-hydrogen) atoms. The zero-order valence-electron chi connectivity index (χ0n) is 16.9. The van der Waals surface area contributed by atoms with E-state index in [1.54, 1.807) is 0 Å². The smallest absolute Gasteiger partial charge is 0.156 e. The third-order valence-corrected chi connectivity index (χ3v) is 6.18. The van der Waals surface area contributed by atoms with Gasteiger partial charge in [-0.3, -0.25) is 9.97 Å². The standard InChI is InChI=1S/C23H23N7/c1-15-16-8-17(11-24-10-16)20-9-21-18(12-25-20)13-26-30(21)23-6-2-5-22(28-23)29-7-3-4-19(14-29)27-15/h2,5-6,8-13,15,19,27H,3-4,7,14H2,1H3/t15?,19-/m1/s1. The topological polar surface area (TPSA) is 71.8 Å². The summed E-state index contributed by atoms with van der Waals surface area (Å²) in [6.07, 6.45) is 9.86. The van der Waals surface area contributed by atoms with Crippen LogP contribution in [0.5, 0.6) is 0 Å². The molecule has 1 N–H and O–H groups in total. The van der Waals surface area contributed by atoms with Crippen molar-refractivity contribution in [3.8, 4) is 17.1 Å². The largest absolute Gasteiger partial charge is 0.355 e. The van der Waals surface area contributed by atoms with E-state index in [2.05, 4.69) is 56.5 Å². The van der Waals surface area contributed by atoms with Gasteiger partial charge in [0, 0.05) is 54.7 Å². The van der Waals surface area contributed by atoms with E-state index in [1.807, 2.05) is 35.5 Å². The molecule has 2 atom stereocenters. The minimum absolute atomic E-state index is 0.209. The molecule has 150 valence electrons. The van der Waals surface area contributed by atoms with Crippen LogP contribution in [0.4, 0.5) is 5.82 Å². The Morgan fingerprint density at radius 2 is 2.00 bits per heavy atom. The van der Waals surface area contributed by atoms with Crippen LogP contribution < -0.4 is 10.2 Å². The van der Waals surface area contributed by atoms with Crippen molar-refractivity contribution < 1.29 is 0 Å². The van der Waals surface area contributed by atoms with Crippen molar-refractivity contribution in [2.24, 2.45) is 0 Å². The van der Waals surface area contributed by atoms with Gasteiger partial charge in [-0.25, -0.2) is 9.67 Å². The van der Waals surface area contributed by atoms with Crippen molar-refractivity contribution in [1.82, 2.24) is 30.0 Å². The Hall–Kier alpha value is -3.32. The fraction of sp³-hybridized carbons (Fsp3) is 0.304. The fourth-order valence-electron chi connectivity index (χ4n) is 4.57. The molecule has 4 aromatic rings. The Morgan fingerprint density at radius 1 is 1.07 bits per heavy atom. The second kappa shape index (κ2) is 6.88. The van der Waals surface area contributed by atoms with Crippen molar-refractivity contribution in [3.63, 3.8) is 0 Å². The molecular weight excluding hydrogens is 374 g/mol. The van der Waals surface area contributed by atoms with Crippen LogP contribution in [0, 0.1) is 0 Å². The first-order chi connectivity index (χ1) is 14.7. The van der Waals surface area contributed by atoms with Crippen LogP contribution >= 0.6 is 0 Å². The van der Waals surface area contributed by atoms with Gasteiger partial charge in [-0.1, -0.05) is 6.07 Å². The number of rotatable bonds is 0. The van der Waals surface area contributed by atoms with Crippen LogP contribution in [0.3, 0.4) is 0 Å². The first-order valence-electron chi connectivity index (χ1n) is 10.5. The van der Waals surface area contributed by atoms with Crippen LogP contribution in [-0.2, 0) is 0 Å². The third-order valence-electron chi connectivity index (χ3n) is 6.18. The lowest BCUT2D eigenvalue weighted by Crippen LogP contribution is -2.46. The van der Waals surface area contributed by atoms with E-state index < -0.39 is 0 Å². The molecule has 7 nitrogen and oxygen atoms in total. The predicted octanol–water partition coefficient (Wildman–Crippen LogP) is 3.51. The first-order valence-corrected chi connectivity index (χ1v) is 10.5. The number of fused-ring (bicyclic) bond motifs is 10. The molecule has 2 aliphatic heterocycles. The zero-order valence-corrected chi connectivity index (χ0v) is 16.9. The van der Waals surface area contributed by atoms with Gasteiger partial charge in [-0.05, 0) is 49.6 Å². The van der Waals surface area contributed by atoms with Crippen LogP contribution in [0.1, 0.15) is 31.4 Å². The normalized spacial score (nSPS) is 20.8. The maximum atomic E-state index is 4.97. The SMILES string of the molecule is CC1N[C@@H]2CCCN(C2)c2cccc(n2)-n2ncc3cnc(cc32)-c2cncc1c2. The summed E-state index contributed by atoms with van der Waals surface area (Å²) in [5, 5.41) is 9.41. The van der Waals surface area contributed by atoms with E-state index in [4.69, 9.17) is 4.98 Å². The molecule has 0 spiro atoms. The lowest BCUT2D eigenvalue weighted by Gasteiger charge is -2.35. The monoisotopic (exact) mass is 397 g/mol. The molecule has 7 heteroatoms. The Labute approximate surface area is 174 Å². The van der Waals surface area contributed by atoms with Gasteiger partial charge in [-0.2, -0.15) is 5.10 Å². The molecule has 2 aliphatic rings. The van der Waals surface area contributed by atoms with Crippen molar-refractivity contribution >= 4 is 16.7 Å². The Morgan fingerprint density at radius 3 is 2.97 bits per heavy atom. The van der Waals surface area contributed by atoms with Crippen molar-refractivity contribution in [3.05, 3.63) is 60.7 Å². The van der Waals surface area contributed by atoms with Gasteiger partial charge in [0.15, 0.2) is 5.82 Å². The molecule has 4 aromatic heterocycles. The lowest BCUT2D eigenvalue weighted by atomic mass is 10.0. The highest BCUT2D eigenvalue weighted by atomic mass is 15.3. The highest BCUT2D eigenvalue weighted by Gasteiger charge is 2.23. The Balaban J connectivity index is 1.57. The molecular formula is C23H23N7. The third kappa shape index (κ3) is 2.93. The van der Waals surface area contributed by atoms with Crippen LogP contribution in [-0.4, -0.2) is 43.9 Å². The summed E-state index contributed by atoms with van der Waals surface area (Å²) in [6, 6.07) is 11.1. The summed E-state index contributed by atoms with van der Waals surface area (Å²) in [5.74, 6) is 1.83. The predicted molar refractivity (Wildman–Crippen MR) is 117 cm³/mol. The number of anilines is 1. The number of hydrogen-bond donors (Lipinski definition) is 1. The second-order valence-electron chi connectivity index (χ2n) is 8.22. The summed E-state index contributed by atoms with van der Waals surface area (Å²) in [7, 11) is 0. The van der Waals surface area contributed by atoms with Crippen molar-refractivity contribution in [1.29, 1.82) is 0 Å². The second-order valence-corrected chi connectivity index (χ2v) is 8.22. The number of hydrogen-bond acceptors (Lipinski definition) is 6. The summed E-state index contributed by atoms with van der Waals surface area (Å²) in [4.78, 5) is 16.5. The molecule has 0 aromatic carbocycles. The maximum Gasteiger partial charge on any atom is 0.156 e. The van der Waals surface area contributed by atoms with E-state index in [1.165, 1.54) is 5.56 Å². The highest BCUT2D eigenvalue weighted by molar-refractivity contribution is 5.83. The number of piperidine rings is 1. The number of nitrogens with zero attached hydrogens (tertiary/aromatic N) is 6. The first kappa shape index (κ1) is 17.5. The maximum absolute atomic E-state index is 4.97. The molecule has 1 saturated heterocycles. The average Bonchev–Trinajstić information content (AvgIpc) is 3.22. The number of aromatic nitrogens is 5. The van der Waals surface area contributed by atoms with Crippen LogP contribution in [0.25, 0.3) is 28.0 Å². The molecule has 0 amide bonds. The Kier molecular flexibility index (Phi) is 4.02. The minimum atomic E-state index is 0.209. The molecule has 1 unspecified atom stereocenters. The number of nitrogens with one attached hydrogen (secondary N) is 1. The molecule has 8 bridgehead atoms. The van der Waals surface area contributed by atoms with E-state index in [0.717, 1.165) is 59.7 Å². The van der Waals surface area contributed by atoms with E-state index >= 15 is 0 Å². The van der Waals surface area contributed by atoms with E-state index in [-0.39, 0.29) is 6.04 Å². The van der Waals surface area contributed by atoms with Gasteiger partial charge in [-0.15, -0.1) is 0 Å². The molecule has 6 rings (SSSR count). The molecule has 0 radical (unpaired) electrons. The summed E-state index contributed by atoms with van der Waals surface area (Å²) in [5.41, 5.74) is 4.07. The van der Waals surface area contributed by atoms with Crippen molar-refractivity contribution in [2.75, 3.05) is 18.0 Å². The highest BCUT2D eigenvalue weighted by Crippen LogP contribution is 2.27. The number of pyridine rings is 3. The van der Waals surface area contributed by atoms with Crippen LogP contribution in [0.2, 0.25) is 0 Å². The minimum Gasteiger partial charge on any atom is -0.355 e. The molecule has 0 aliphatic carbocycles.